The Kier molecular flexibility index (Phi) is 9.63. The molecule has 1 N–H and O–H groups in total. The Balaban J connectivity index is 1.76. The summed E-state index contributed by atoms with van der Waals surface area (Å²) in [5, 5.41) is 2.99. The summed E-state index contributed by atoms with van der Waals surface area (Å²) in [6, 6.07) is 18.9. The number of nitrogens with zero attached hydrogens (tertiary/aromatic N) is 2. The van der Waals surface area contributed by atoms with Gasteiger partial charge in [0.1, 0.15) is 5.75 Å². The van der Waals surface area contributed by atoms with Crippen LogP contribution >= 0.6 is 0 Å². The Labute approximate surface area is 265 Å². The first kappa shape index (κ1) is 33.5. The van der Waals surface area contributed by atoms with Crippen molar-refractivity contribution in [2.45, 2.75) is 66.1 Å². The highest BCUT2D eigenvalue weighted by molar-refractivity contribution is 6.74. The van der Waals surface area contributed by atoms with Crippen molar-refractivity contribution in [1.82, 2.24) is 9.97 Å². The SMILES string of the molecule is C=C(C(=O)Oc1c(F)cccc1Nc1ncc(-c2cccc(O[Si](C)(C)C(C)(C)C)c2F)nc1Cc1ccccc1)C(C)(C)C. The van der Waals surface area contributed by atoms with E-state index in [0.717, 1.165) is 5.56 Å². The molecule has 4 aromatic rings. The van der Waals surface area contributed by atoms with Gasteiger partial charge in [0.25, 0.3) is 8.32 Å². The number of esters is 1. The summed E-state index contributed by atoms with van der Waals surface area (Å²) in [6.07, 6.45) is 1.80. The maximum absolute atomic E-state index is 16.0. The number of ether oxygens (including phenoxy) is 1. The molecular weight excluding hydrogens is 588 g/mol. The van der Waals surface area contributed by atoms with Gasteiger partial charge < -0.3 is 14.5 Å². The monoisotopic (exact) mass is 629 g/mol. The van der Waals surface area contributed by atoms with Crippen LogP contribution < -0.4 is 14.5 Å². The number of rotatable bonds is 9. The van der Waals surface area contributed by atoms with Crippen LogP contribution in [0.1, 0.15) is 52.8 Å². The predicted octanol–water partition coefficient (Wildman–Crippen LogP) is 9.65. The Morgan fingerprint density at radius 3 is 2.24 bits per heavy atom. The average Bonchev–Trinajstić information content (AvgIpc) is 2.95. The molecule has 0 radical (unpaired) electrons. The maximum Gasteiger partial charge on any atom is 0.339 e. The van der Waals surface area contributed by atoms with Gasteiger partial charge >= 0.3 is 5.97 Å². The summed E-state index contributed by atoms with van der Waals surface area (Å²) in [7, 11) is -2.31. The Hall–Kier alpha value is -4.37. The van der Waals surface area contributed by atoms with Crippen molar-refractivity contribution in [3.8, 4) is 22.8 Å². The van der Waals surface area contributed by atoms with Crippen LogP contribution in [0.15, 0.2) is 85.1 Å². The van der Waals surface area contributed by atoms with Gasteiger partial charge in [0.15, 0.2) is 23.2 Å². The number of hydrogen-bond donors (Lipinski definition) is 1. The van der Waals surface area contributed by atoms with Crippen LogP contribution in [0.5, 0.6) is 11.5 Å². The van der Waals surface area contributed by atoms with Crippen molar-refractivity contribution in [2.24, 2.45) is 5.41 Å². The quantitative estimate of drug-likeness (QED) is 0.0860. The highest BCUT2D eigenvalue weighted by Gasteiger charge is 2.39. The highest BCUT2D eigenvalue weighted by atomic mass is 28.4. The largest absolute Gasteiger partial charge is 0.542 e. The second-order valence-corrected chi connectivity index (χ2v) is 18.3. The van der Waals surface area contributed by atoms with Crippen LogP contribution in [0.4, 0.5) is 20.3 Å². The molecule has 3 aromatic carbocycles. The van der Waals surface area contributed by atoms with E-state index in [1.807, 2.05) is 51.1 Å². The van der Waals surface area contributed by atoms with E-state index in [2.05, 4.69) is 50.7 Å². The molecule has 4 rings (SSSR count). The van der Waals surface area contributed by atoms with Crippen molar-refractivity contribution in [1.29, 1.82) is 0 Å². The van der Waals surface area contributed by atoms with E-state index in [-0.39, 0.29) is 33.4 Å². The lowest BCUT2D eigenvalue weighted by Gasteiger charge is -2.36. The van der Waals surface area contributed by atoms with Crippen LogP contribution in [-0.4, -0.2) is 24.3 Å². The summed E-state index contributed by atoms with van der Waals surface area (Å²) in [5.74, 6) is -1.79. The summed E-state index contributed by atoms with van der Waals surface area (Å²) >= 11 is 0. The first-order valence-electron chi connectivity index (χ1n) is 14.8. The number of halogens is 2. The molecule has 1 aromatic heterocycles. The second kappa shape index (κ2) is 12.9. The van der Waals surface area contributed by atoms with Crippen molar-refractivity contribution >= 4 is 25.8 Å². The van der Waals surface area contributed by atoms with Gasteiger partial charge in [-0.3, -0.25) is 0 Å². The standard InChI is InChI=1S/C36H41F2N3O3Si/c1-23(35(2,3)4)34(42)43-32-26(37)18-14-19-27(32)41-33-28(21-24-15-11-10-12-16-24)40-29(22-39-33)25-17-13-20-30(31(25)38)44-45(8,9)36(5,6)7/h10-20,22H,1,21H2,2-9H3,(H,39,41). The Morgan fingerprint density at radius 1 is 0.933 bits per heavy atom. The van der Waals surface area contributed by atoms with Crippen LogP contribution in [0.3, 0.4) is 0 Å². The van der Waals surface area contributed by atoms with Crippen molar-refractivity contribution in [2.75, 3.05) is 5.32 Å². The molecule has 45 heavy (non-hydrogen) atoms. The second-order valence-electron chi connectivity index (χ2n) is 13.6. The third-order valence-corrected chi connectivity index (χ3v) is 12.4. The molecule has 0 aliphatic heterocycles. The topological polar surface area (TPSA) is 73.3 Å². The fraction of sp³-hybridized carbons (Fsp3) is 0.306. The molecule has 0 amide bonds. The van der Waals surface area contributed by atoms with E-state index in [0.29, 0.717) is 23.6 Å². The zero-order valence-corrected chi connectivity index (χ0v) is 28.2. The first-order valence-corrected chi connectivity index (χ1v) is 17.7. The van der Waals surface area contributed by atoms with E-state index in [1.54, 1.807) is 24.3 Å². The number of carbonyl (C=O) groups is 1. The molecule has 0 unspecified atom stereocenters. The fourth-order valence-electron chi connectivity index (χ4n) is 4.09. The number of nitrogens with one attached hydrogen (secondary N) is 1. The lowest BCUT2D eigenvalue weighted by Crippen LogP contribution is -2.44. The number of carbonyl (C=O) groups excluding carboxylic acids is 1. The molecule has 0 saturated heterocycles. The zero-order chi connectivity index (χ0) is 33.2. The van der Waals surface area contributed by atoms with Crippen LogP contribution in [0.25, 0.3) is 11.3 Å². The van der Waals surface area contributed by atoms with E-state index < -0.39 is 31.3 Å². The molecule has 0 aliphatic carbocycles. The zero-order valence-electron chi connectivity index (χ0n) is 27.2. The lowest BCUT2D eigenvalue weighted by molar-refractivity contribution is -0.131. The third-order valence-electron chi connectivity index (χ3n) is 8.04. The summed E-state index contributed by atoms with van der Waals surface area (Å²) in [6.45, 7) is 19.7. The molecule has 0 fully saturated rings. The van der Waals surface area contributed by atoms with Gasteiger partial charge in [-0.2, -0.15) is 0 Å². The number of para-hydroxylation sites is 1. The van der Waals surface area contributed by atoms with Crippen molar-refractivity contribution in [3.05, 3.63) is 108 Å². The minimum atomic E-state index is -2.31. The number of aromatic nitrogens is 2. The minimum Gasteiger partial charge on any atom is -0.542 e. The maximum atomic E-state index is 16.0. The number of benzene rings is 3. The van der Waals surface area contributed by atoms with E-state index >= 15 is 8.78 Å². The average molecular weight is 630 g/mol. The molecule has 0 bridgehead atoms. The molecule has 0 atom stereocenters. The fourth-order valence-corrected chi connectivity index (χ4v) is 5.10. The lowest BCUT2D eigenvalue weighted by atomic mass is 9.88. The van der Waals surface area contributed by atoms with Gasteiger partial charge in [-0.25, -0.2) is 23.5 Å². The molecular formula is C36H41F2N3O3Si. The smallest absolute Gasteiger partial charge is 0.339 e. The van der Waals surface area contributed by atoms with Gasteiger partial charge in [0, 0.05) is 17.6 Å². The molecule has 6 nitrogen and oxygen atoms in total. The Morgan fingerprint density at radius 2 is 1.60 bits per heavy atom. The molecule has 1 heterocycles. The van der Waals surface area contributed by atoms with E-state index in [9.17, 15) is 4.79 Å². The summed E-state index contributed by atoms with van der Waals surface area (Å²) in [5.41, 5.74) is 1.80. The minimum absolute atomic E-state index is 0.116. The molecule has 9 heteroatoms. The molecule has 0 saturated carbocycles. The van der Waals surface area contributed by atoms with Crippen LogP contribution in [-0.2, 0) is 11.2 Å². The normalized spacial score (nSPS) is 12.0. The van der Waals surface area contributed by atoms with Gasteiger partial charge in [0.05, 0.1) is 23.3 Å². The highest BCUT2D eigenvalue weighted by Crippen LogP contribution is 2.40. The first-order chi connectivity index (χ1) is 21.0. The van der Waals surface area contributed by atoms with Crippen LogP contribution in [0, 0.1) is 17.0 Å². The summed E-state index contributed by atoms with van der Waals surface area (Å²) < 4.78 is 42.8. The third kappa shape index (κ3) is 7.83. The van der Waals surface area contributed by atoms with Crippen molar-refractivity contribution < 1.29 is 22.7 Å². The van der Waals surface area contributed by atoms with Gasteiger partial charge in [-0.15, -0.1) is 0 Å². The van der Waals surface area contributed by atoms with Gasteiger partial charge in [-0.1, -0.05) is 90.6 Å². The van der Waals surface area contributed by atoms with E-state index in [4.69, 9.17) is 14.1 Å². The Bertz CT molecular complexity index is 1710. The molecule has 0 spiro atoms. The van der Waals surface area contributed by atoms with Gasteiger partial charge in [-0.05, 0) is 53.4 Å². The molecule has 0 aliphatic rings. The molecule has 236 valence electrons. The van der Waals surface area contributed by atoms with Crippen LogP contribution in [0.2, 0.25) is 18.1 Å². The van der Waals surface area contributed by atoms with Gasteiger partial charge in [0.2, 0.25) is 0 Å². The number of anilines is 2. The summed E-state index contributed by atoms with van der Waals surface area (Å²) in [4.78, 5) is 22.3. The predicted molar refractivity (Wildman–Crippen MR) is 178 cm³/mol. The number of hydrogen-bond acceptors (Lipinski definition) is 6. The van der Waals surface area contributed by atoms with Crippen molar-refractivity contribution in [3.63, 3.8) is 0 Å². The van der Waals surface area contributed by atoms with E-state index in [1.165, 1.54) is 18.3 Å².